The molecule has 110 valence electrons. The minimum absolute atomic E-state index is 0.470. The SMILES string of the molecule is O=C(CNCC(F)(F)F)NC1CCCCC1C(=O)O. The molecule has 1 fully saturated rings. The molecule has 2 atom stereocenters. The number of halogens is 3. The van der Waals surface area contributed by atoms with E-state index in [1.165, 1.54) is 0 Å². The molecule has 1 aliphatic carbocycles. The molecule has 0 aromatic rings. The summed E-state index contributed by atoms with van der Waals surface area (Å²) in [6.07, 6.45) is -1.74. The summed E-state index contributed by atoms with van der Waals surface area (Å²) < 4.78 is 35.6. The Morgan fingerprint density at radius 3 is 2.42 bits per heavy atom. The van der Waals surface area contributed by atoms with E-state index in [4.69, 9.17) is 5.11 Å². The Morgan fingerprint density at radius 1 is 1.21 bits per heavy atom. The Balaban J connectivity index is 2.36. The predicted molar refractivity (Wildman–Crippen MR) is 60.4 cm³/mol. The zero-order valence-corrected chi connectivity index (χ0v) is 10.3. The number of carbonyl (C=O) groups excluding carboxylic acids is 1. The van der Waals surface area contributed by atoms with E-state index >= 15 is 0 Å². The highest BCUT2D eigenvalue weighted by Gasteiger charge is 2.32. The van der Waals surface area contributed by atoms with Gasteiger partial charge in [-0.1, -0.05) is 12.8 Å². The zero-order chi connectivity index (χ0) is 14.5. The molecule has 0 radical (unpaired) electrons. The molecule has 19 heavy (non-hydrogen) atoms. The number of rotatable bonds is 5. The molecular weight excluding hydrogens is 265 g/mol. The third kappa shape index (κ3) is 5.91. The maximum Gasteiger partial charge on any atom is 0.401 e. The summed E-state index contributed by atoms with van der Waals surface area (Å²) in [6.45, 7) is -1.71. The first-order chi connectivity index (χ1) is 8.79. The molecule has 1 rings (SSSR count). The molecule has 1 amide bonds. The van der Waals surface area contributed by atoms with Gasteiger partial charge in [0.1, 0.15) is 0 Å². The van der Waals surface area contributed by atoms with Crippen LogP contribution >= 0.6 is 0 Å². The van der Waals surface area contributed by atoms with Gasteiger partial charge in [0.25, 0.3) is 0 Å². The zero-order valence-electron chi connectivity index (χ0n) is 10.3. The molecule has 0 aromatic carbocycles. The third-order valence-electron chi connectivity index (χ3n) is 3.04. The predicted octanol–water partition coefficient (Wildman–Crippen LogP) is 0.898. The highest BCUT2D eigenvalue weighted by Crippen LogP contribution is 2.24. The average Bonchev–Trinajstić information content (AvgIpc) is 2.27. The molecule has 5 nitrogen and oxygen atoms in total. The molecule has 0 aromatic heterocycles. The summed E-state index contributed by atoms with van der Waals surface area (Å²) in [5.74, 6) is -2.24. The number of amides is 1. The molecule has 1 aliphatic rings. The van der Waals surface area contributed by atoms with Crippen LogP contribution in [-0.4, -0.2) is 42.3 Å². The maximum absolute atomic E-state index is 11.9. The lowest BCUT2D eigenvalue weighted by atomic mass is 9.84. The fourth-order valence-electron chi connectivity index (χ4n) is 2.17. The van der Waals surface area contributed by atoms with Gasteiger partial charge in [-0.05, 0) is 12.8 Å². The highest BCUT2D eigenvalue weighted by molar-refractivity contribution is 5.79. The van der Waals surface area contributed by atoms with Gasteiger partial charge in [-0.3, -0.25) is 9.59 Å². The van der Waals surface area contributed by atoms with E-state index in [1.807, 2.05) is 5.32 Å². The second kappa shape index (κ2) is 6.74. The lowest BCUT2D eigenvalue weighted by Crippen LogP contribution is -2.48. The highest BCUT2D eigenvalue weighted by atomic mass is 19.4. The van der Waals surface area contributed by atoms with Crippen LogP contribution in [0.5, 0.6) is 0 Å². The molecule has 0 bridgehead atoms. The van der Waals surface area contributed by atoms with Crippen LogP contribution in [0.2, 0.25) is 0 Å². The molecular formula is C11H17F3N2O3. The van der Waals surface area contributed by atoms with E-state index in [0.29, 0.717) is 12.8 Å². The van der Waals surface area contributed by atoms with Crippen molar-refractivity contribution >= 4 is 11.9 Å². The first-order valence-corrected chi connectivity index (χ1v) is 6.09. The minimum Gasteiger partial charge on any atom is -0.481 e. The Bertz CT molecular complexity index is 334. The van der Waals surface area contributed by atoms with Crippen LogP contribution in [0.15, 0.2) is 0 Å². The second-order valence-corrected chi connectivity index (χ2v) is 4.62. The van der Waals surface area contributed by atoms with Crippen molar-refractivity contribution in [3.63, 3.8) is 0 Å². The normalized spacial score (nSPS) is 23.9. The number of nitrogens with one attached hydrogen (secondary N) is 2. The first kappa shape index (κ1) is 15.7. The number of carboxylic acids is 1. The Morgan fingerprint density at radius 2 is 1.84 bits per heavy atom. The number of hydrogen-bond donors (Lipinski definition) is 3. The lowest BCUT2D eigenvalue weighted by molar-refractivity contribution is -0.144. The number of carboxylic acid groups (broad SMARTS) is 1. The van der Waals surface area contributed by atoms with Crippen LogP contribution in [0.1, 0.15) is 25.7 Å². The standard InChI is InChI=1S/C11H17F3N2O3/c12-11(13,14)6-15-5-9(17)16-8-4-2-1-3-7(8)10(18)19/h7-8,15H,1-6H2,(H,16,17)(H,18,19). The van der Waals surface area contributed by atoms with Crippen molar-refractivity contribution in [2.75, 3.05) is 13.1 Å². The molecule has 1 saturated carbocycles. The molecule has 8 heteroatoms. The third-order valence-corrected chi connectivity index (χ3v) is 3.04. The monoisotopic (exact) mass is 282 g/mol. The van der Waals surface area contributed by atoms with Gasteiger partial charge < -0.3 is 15.7 Å². The van der Waals surface area contributed by atoms with Gasteiger partial charge in [0, 0.05) is 6.04 Å². The molecule has 0 aliphatic heterocycles. The first-order valence-electron chi connectivity index (χ1n) is 6.09. The topological polar surface area (TPSA) is 78.4 Å². The van der Waals surface area contributed by atoms with Crippen molar-refractivity contribution in [2.24, 2.45) is 5.92 Å². The maximum atomic E-state index is 11.9. The number of hydrogen-bond acceptors (Lipinski definition) is 3. The fraction of sp³-hybridized carbons (Fsp3) is 0.818. The van der Waals surface area contributed by atoms with Crippen molar-refractivity contribution in [2.45, 2.75) is 37.9 Å². The Labute approximate surface area is 108 Å². The van der Waals surface area contributed by atoms with E-state index in [9.17, 15) is 22.8 Å². The van der Waals surface area contributed by atoms with Gasteiger partial charge in [0.05, 0.1) is 19.0 Å². The molecule has 0 spiro atoms. The summed E-state index contributed by atoms with van der Waals surface area (Å²) in [5.41, 5.74) is 0. The van der Waals surface area contributed by atoms with Crippen molar-refractivity contribution in [3.8, 4) is 0 Å². The van der Waals surface area contributed by atoms with Crippen LogP contribution in [0.3, 0.4) is 0 Å². The fourth-order valence-corrected chi connectivity index (χ4v) is 2.17. The van der Waals surface area contributed by atoms with E-state index in [2.05, 4.69) is 5.32 Å². The van der Waals surface area contributed by atoms with Crippen molar-refractivity contribution in [3.05, 3.63) is 0 Å². The van der Waals surface area contributed by atoms with Gasteiger partial charge in [0.15, 0.2) is 0 Å². The van der Waals surface area contributed by atoms with Crippen molar-refractivity contribution < 1.29 is 27.9 Å². The van der Waals surface area contributed by atoms with Gasteiger partial charge >= 0.3 is 12.1 Å². The van der Waals surface area contributed by atoms with Gasteiger partial charge in [0.2, 0.25) is 5.91 Å². The summed E-state index contributed by atoms with van der Waals surface area (Å²) >= 11 is 0. The van der Waals surface area contributed by atoms with Gasteiger partial charge in [-0.15, -0.1) is 0 Å². The van der Waals surface area contributed by atoms with Gasteiger partial charge in [-0.2, -0.15) is 13.2 Å². The van der Waals surface area contributed by atoms with Crippen LogP contribution in [-0.2, 0) is 9.59 Å². The van der Waals surface area contributed by atoms with E-state index < -0.39 is 43.1 Å². The van der Waals surface area contributed by atoms with Gasteiger partial charge in [-0.25, -0.2) is 0 Å². The Kier molecular flexibility index (Phi) is 5.59. The number of carbonyl (C=O) groups is 2. The van der Waals surface area contributed by atoms with E-state index in [0.717, 1.165) is 12.8 Å². The summed E-state index contributed by atoms with van der Waals surface area (Å²) in [7, 11) is 0. The quantitative estimate of drug-likeness (QED) is 0.700. The van der Waals surface area contributed by atoms with Crippen molar-refractivity contribution in [1.82, 2.24) is 10.6 Å². The molecule has 2 unspecified atom stereocenters. The van der Waals surface area contributed by atoms with E-state index in [1.54, 1.807) is 0 Å². The average molecular weight is 282 g/mol. The van der Waals surface area contributed by atoms with Crippen molar-refractivity contribution in [1.29, 1.82) is 0 Å². The van der Waals surface area contributed by atoms with Crippen LogP contribution in [0, 0.1) is 5.92 Å². The summed E-state index contributed by atoms with van der Waals surface area (Å²) in [4.78, 5) is 22.4. The van der Waals surface area contributed by atoms with Crippen LogP contribution in [0.4, 0.5) is 13.2 Å². The summed E-state index contributed by atoms with van der Waals surface area (Å²) in [5, 5.41) is 13.4. The summed E-state index contributed by atoms with van der Waals surface area (Å²) in [6, 6.07) is -0.494. The molecule has 0 saturated heterocycles. The second-order valence-electron chi connectivity index (χ2n) is 4.62. The number of alkyl halides is 3. The van der Waals surface area contributed by atoms with Crippen LogP contribution < -0.4 is 10.6 Å². The largest absolute Gasteiger partial charge is 0.481 e. The Hall–Kier alpha value is -1.31. The lowest BCUT2D eigenvalue weighted by Gasteiger charge is -2.29. The van der Waals surface area contributed by atoms with Crippen LogP contribution in [0.25, 0.3) is 0 Å². The molecule has 3 N–H and O–H groups in total. The number of aliphatic carboxylic acids is 1. The van der Waals surface area contributed by atoms with E-state index in [-0.39, 0.29) is 0 Å². The minimum atomic E-state index is -4.37. The molecule has 0 heterocycles. The smallest absolute Gasteiger partial charge is 0.401 e.